The molecule has 3 aromatic carbocycles. The Morgan fingerprint density at radius 3 is 2.29 bits per heavy atom. The second-order valence-electron chi connectivity index (χ2n) is 10.9. The van der Waals surface area contributed by atoms with Gasteiger partial charge in [-0.1, -0.05) is 78.4 Å². The quantitative estimate of drug-likeness (QED) is 0.271. The number of aryl methyl sites for hydroxylation is 2. The van der Waals surface area contributed by atoms with Gasteiger partial charge in [0.25, 0.3) is 10.0 Å². The number of anilines is 1. The molecule has 1 atom stereocenters. The highest BCUT2D eigenvalue weighted by Gasteiger charge is 2.33. The third kappa shape index (κ3) is 7.85. The number of hydrogen-bond donors (Lipinski definition) is 1. The van der Waals surface area contributed by atoms with Crippen molar-refractivity contribution >= 4 is 50.7 Å². The highest BCUT2D eigenvalue weighted by molar-refractivity contribution is 7.92. The topological polar surface area (TPSA) is 86.8 Å². The number of amides is 2. The van der Waals surface area contributed by atoms with Crippen molar-refractivity contribution in [3.8, 4) is 0 Å². The van der Waals surface area contributed by atoms with Gasteiger partial charge in [-0.2, -0.15) is 0 Å². The Kier molecular flexibility index (Phi) is 10.6. The van der Waals surface area contributed by atoms with Gasteiger partial charge in [0.2, 0.25) is 11.8 Å². The van der Waals surface area contributed by atoms with Crippen LogP contribution in [0.3, 0.4) is 0 Å². The molecular formula is C32H37Cl2N3O4S. The first-order valence-corrected chi connectivity index (χ1v) is 16.3. The molecule has 3 aromatic rings. The molecule has 1 N–H and O–H groups in total. The molecule has 1 aliphatic carbocycles. The molecule has 42 heavy (non-hydrogen) atoms. The Morgan fingerprint density at radius 1 is 0.952 bits per heavy atom. The van der Waals surface area contributed by atoms with Gasteiger partial charge in [-0.15, -0.1) is 0 Å². The monoisotopic (exact) mass is 629 g/mol. The summed E-state index contributed by atoms with van der Waals surface area (Å²) in [6.45, 7) is 4.89. The third-order valence-corrected chi connectivity index (χ3v) is 10.1. The van der Waals surface area contributed by atoms with Crippen LogP contribution in [0.15, 0.2) is 71.6 Å². The zero-order chi connectivity index (χ0) is 30.4. The zero-order valence-electron chi connectivity index (χ0n) is 24.1. The Labute approximate surface area is 258 Å². The summed E-state index contributed by atoms with van der Waals surface area (Å²) in [5.74, 6) is -0.808. The summed E-state index contributed by atoms with van der Waals surface area (Å²) in [6.07, 6.45) is 5.05. The van der Waals surface area contributed by atoms with E-state index in [1.165, 1.54) is 23.1 Å². The highest BCUT2D eigenvalue weighted by Crippen LogP contribution is 2.29. The molecule has 1 saturated carbocycles. The zero-order valence-corrected chi connectivity index (χ0v) is 26.5. The fraction of sp³-hybridized carbons (Fsp3) is 0.375. The number of halogens is 2. The van der Waals surface area contributed by atoms with Gasteiger partial charge in [0.15, 0.2) is 0 Å². The maximum absolute atomic E-state index is 14.1. The largest absolute Gasteiger partial charge is 0.352 e. The number of benzene rings is 3. The van der Waals surface area contributed by atoms with Crippen LogP contribution in [0.1, 0.15) is 55.7 Å². The summed E-state index contributed by atoms with van der Waals surface area (Å²) in [6, 6.07) is 17.6. The molecule has 1 fully saturated rings. The fourth-order valence-electron chi connectivity index (χ4n) is 5.09. The predicted molar refractivity (Wildman–Crippen MR) is 168 cm³/mol. The van der Waals surface area contributed by atoms with E-state index in [4.69, 9.17) is 23.2 Å². The minimum atomic E-state index is -4.17. The number of hydrogen-bond acceptors (Lipinski definition) is 4. The van der Waals surface area contributed by atoms with E-state index in [0.29, 0.717) is 10.0 Å². The highest BCUT2D eigenvalue weighted by atomic mass is 35.5. The number of carbonyl (C=O) groups is 2. The van der Waals surface area contributed by atoms with E-state index < -0.39 is 28.5 Å². The smallest absolute Gasteiger partial charge is 0.264 e. The molecule has 2 amide bonds. The fourth-order valence-corrected chi connectivity index (χ4v) is 6.88. The van der Waals surface area contributed by atoms with Crippen LogP contribution in [0, 0.1) is 13.8 Å². The van der Waals surface area contributed by atoms with Crippen molar-refractivity contribution in [2.24, 2.45) is 0 Å². The molecule has 1 aliphatic rings. The van der Waals surface area contributed by atoms with Crippen LogP contribution >= 0.6 is 23.2 Å². The summed E-state index contributed by atoms with van der Waals surface area (Å²) in [5.41, 5.74) is 2.65. The molecular weight excluding hydrogens is 593 g/mol. The van der Waals surface area contributed by atoms with Gasteiger partial charge >= 0.3 is 0 Å². The standard InChI is InChI=1S/C32H37Cl2N3O4S/c1-22-12-16-29(17-13-22)42(40,41)37(28-15-14-23(2)30(34)19-28)21-31(38)36(20-25-8-7-9-26(33)18-25)24(3)32(39)35-27-10-5-4-6-11-27/h7-9,12-19,24,27H,4-6,10-11,20-21H2,1-3H3,(H,35,39). The summed E-state index contributed by atoms with van der Waals surface area (Å²) in [5, 5.41) is 3.98. The van der Waals surface area contributed by atoms with Crippen LogP contribution in [0.5, 0.6) is 0 Å². The van der Waals surface area contributed by atoms with Crippen LogP contribution in [-0.2, 0) is 26.2 Å². The van der Waals surface area contributed by atoms with Crippen molar-refractivity contribution in [2.45, 2.75) is 76.4 Å². The lowest BCUT2D eigenvalue weighted by Crippen LogP contribution is -2.53. The van der Waals surface area contributed by atoms with E-state index in [1.54, 1.807) is 49.4 Å². The van der Waals surface area contributed by atoms with Gasteiger partial charge in [-0.3, -0.25) is 13.9 Å². The lowest BCUT2D eigenvalue weighted by atomic mass is 9.95. The number of carbonyl (C=O) groups excluding carboxylic acids is 2. The van der Waals surface area contributed by atoms with Crippen molar-refractivity contribution in [1.82, 2.24) is 10.2 Å². The molecule has 4 rings (SSSR count). The van der Waals surface area contributed by atoms with E-state index in [2.05, 4.69) is 5.32 Å². The first-order chi connectivity index (χ1) is 20.0. The Morgan fingerprint density at radius 2 is 1.64 bits per heavy atom. The number of nitrogens with one attached hydrogen (secondary N) is 1. The first-order valence-electron chi connectivity index (χ1n) is 14.2. The maximum Gasteiger partial charge on any atom is 0.264 e. The van der Waals surface area contributed by atoms with Gasteiger partial charge in [0, 0.05) is 22.6 Å². The van der Waals surface area contributed by atoms with Crippen molar-refractivity contribution in [1.29, 1.82) is 0 Å². The van der Waals surface area contributed by atoms with Gasteiger partial charge in [0.05, 0.1) is 10.6 Å². The van der Waals surface area contributed by atoms with E-state index in [-0.39, 0.29) is 29.1 Å². The van der Waals surface area contributed by atoms with Crippen molar-refractivity contribution in [3.63, 3.8) is 0 Å². The molecule has 1 unspecified atom stereocenters. The second-order valence-corrected chi connectivity index (χ2v) is 13.6. The van der Waals surface area contributed by atoms with Gasteiger partial charge in [0.1, 0.15) is 12.6 Å². The van der Waals surface area contributed by atoms with E-state index in [9.17, 15) is 18.0 Å². The summed E-state index contributed by atoms with van der Waals surface area (Å²) >= 11 is 12.6. The van der Waals surface area contributed by atoms with Crippen LogP contribution in [0.4, 0.5) is 5.69 Å². The third-order valence-electron chi connectivity index (χ3n) is 7.69. The SMILES string of the molecule is Cc1ccc(S(=O)(=O)N(CC(=O)N(Cc2cccc(Cl)c2)C(C)C(=O)NC2CCCCC2)c2ccc(C)c(Cl)c2)cc1. The summed E-state index contributed by atoms with van der Waals surface area (Å²) in [7, 11) is -4.17. The molecule has 0 aliphatic heterocycles. The lowest BCUT2D eigenvalue weighted by molar-refractivity contribution is -0.139. The normalized spacial score (nSPS) is 14.7. The van der Waals surface area contributed by atoms with Crippen LogP contribution in [-0.4, -0.2) is 43.8 Å². The lowest BCUT2D eigenvalue weighted by Gasteiger charge is -2.33. The van der Waals surface area contributed by atoms with E-state index >= 15 is 0 Å². The molecule has 0 saturated heterocycles. The Hall–Kier alpha value is -3.07. The Balaban J connectivity index is 1.69. The number of sulfonamides is 1. The molecule has 7 nitrogen and oxygen atoms in total. The van der Waals surface area contributed by atoms with E-state index in [1.807, 2.05) is 19.9 Å². The average molecular weight is 631 g/mol. The minimum Gasteiger partial charge on any atom is -0.352 e. The molecule has 0 heterocycles. The summed E-state index contributed by atoms with van der Waals surface area (Å²) < 4.78 is 29.0. The predicted octanol–water partition coefficient (Wildman–Crippen LogP) is 6.67. The van der Waals surface area contributed by atoms with Crippen LogP contribution in [0.2, 0.25) is 10.0 Å². The molecule has 0 bridgehead atoms. The molecule has 224 valence electrons. The van der Waals surface area contributed by atoms with Gasteiger partial charge < -0.3 is 10.2 Å². The average Bonchev–Trinajstić information content (AvgIpc) is 2.96. The van der Waals surface area contributed by atoms with E-state index in [0.717, 1.165) is 53.1 Å². The molecule has 0 spiro atoms. The maximum atomic E-state index is 14.1. The summed E-state index contributed by atoms with van der Waals surface area (Å²) in [4.78, 5) is 29.0. The van der Waals surface area contributed by atoms with Gasteiger partial charge in [-0.05, 0) is 81.1 Å². The molecule has 0 aromatic heterocycles. The molecule has 10 heteroatoms. The number of nitrogens with zero attached hydrogens (tertiary/aromatic N) is 2. The van der Waals surface area contributed by atoms with Crippen molar-refractivity contribution < 1.29 is 18.0 Å². The van der Waals surface area contributed by atoms with Gasteiger partial charge in [-0.25, -0.2) is 8.42 Å². The first kappa shape index (κ1) is 31.9. The minimum absolute atomic E-state index is 0.0436. The second kappa shape index (κ2) is 13.9. The van der Waals surface area contributed by atoms with Crippen LogP contribution in [0.25, 0.3) is 0 Å². The Bertz CT molecular complexity index is 1520. The van der Waals surface area contributed by atoms with Crippen molar-refractivity contribution in [2.75, 3.05) is 10.8 Å². The number of rotatable bonds is 10. The molecule has 0 radical (unpaired) electrons. The van der Waals surface area contributed by atoms with Crippen LogP contribution < -0.4 is 9.62 Å². The van der Waals surface area contributed by atoms with Crippen molar-refractivity contribution in [3.05, 3.63) is 93.5 Å².